The van der Waals surface area contributed by atoms with E-state index in [9.17, 15) is 9.00 Å². The largest absolute Gasteiger partial charge is 0.444 e. The van der Waals surface area contributed by atoms with Crippen molar-refractivity contribution in [2.75, 3.05) is 18.8 Å². The predicted octanol–water partition coefficient (Wildman–Crippen LogP) is 2.15. The Hall–Kier alpha value is -1.50. The highest BCUT2D eigenvalue weighted by atomic mass is 32.2. The minimum absolute atomic E-state index is 0.192. The van der Waals surface area contributed by atoms with Crippen LogP contribution in [0.5, 0.6) is 0 Å². The quantitative estimate of drug-likeness (QED) is 0.796. The molecule has 1 saturated heterocycles. The summed E-state index contributed by atoms with van der Waals surface area (Å²) >= 11 is 0. The second-order valence-corrected chi connectivity index (χ2v) is 7.96. The summed E-state index contributed by atoms with van der Waals surface area (Å²) in [5, 5.41) is 0.371. The first-order chi connectivity index (χ1) is 10.2. The molecule has 7 heteroatoms. The highest BCUT2D eigenvalue weighted by Crippen LogP contribution is 2.21. The van der Waals surface area contributed by atoms with E-state index in [1.165, 1.54) is 0 Å². The molecular weight excluding hydrogens is 302 g/mol. The van der Waals surface area contributed by atoms with Crippen molar-refractivity contribution in [2.24, 2.45) is 5.92 Å². The number of rotatable bonds is 3. The average molecular weight is 325 g/mol. The van der Waals surface area contributed by atoms with Gasteiger partial charge in [-0.25, -0.2) is 14.8 Å². The van der Waals surface area contributed by atoms with Gasteiger partial charge in [0.15, 0.2) is 0 Å². The number of likely N-dealkylation sites (tertiary alicyclic amines) is 1. The number of aryl methyl sites for hydroxylation is 1. The SMILES string of the molecule is Cc1ccnc(S(=O)CC2CCN(C(=O)OC(C)(C)C)C2)n1. The minimum atomic E-state index is -1.23. The number of carbonyl (C=O) groups is 1. The Morgan fingerprint density at radius 2 is 2.23 bits per heavy atom. The zero-order chi connectivity index (χ0) is 16.3. The third-order valence-electron chi connectivity index (χ3n) is 3.30. The molecule has 2 heterocycles. The Bertz CT molecular complexity index is 571. The van der Waals surface area contributed by atoms with E-state index in [1.807, 2.05) is 27.7 Å². The van der Waals surface area contributed by atoms with Crippen LogP contribution in [0.4, 0.5) is 4.79 Å². The lowest BCUT2D eigenvalue weighted by Gasteiger charge is -2.24. The Morgan fingerprint density at radius 3 is 2.86 bits per heavy atom. The molecule has 1 aromatic rings. The van der Waals surface area contributed by atoms with Gasteiger partial charge in [0.25, 0.3) is 0 Å². The van der Waals surface area contributed by atoms with E-state index >= 15 is 0 Å². The summed E-state index contributed by atoms with van der Waals surface area (Å²) in [7, 11) is -1.23. The first-order valence-electron chi connectivity index (χ1n) is 7.40. The van der Waals surface area contributed by atoms with Crippen molar-refractivity contribution in [2.45, 2.75) is 44.9 Å². The fourth-order valence-electron chi connectivity index (χ4n) is 2.29. The van der Waals surface area contributed by atoms with Crippen LogP contribution in [-0.4, -0.2) is 49.6 Å². The van der Waals surface area contributed by atoms with Crippen molar-refractivity contribution in [3.05, 3.63) is 18.0 Å². The summed E-state index contributed by atoms with van der Waals surface area (Å²) in [6, 6.07) is 1.78. The Balaban J connectivity index is 1.88. The molecule has 1 aliphatic rings. The highest BCUT2D eigenvalue weighted by molar-refractivity contribution is 7.84. The highest BCUT2D eigenvalue weighted by Gasteiger charge is 2.31. The number of hydrogen-bond acceptors (Lipinski definition) is 5. The van der Waals surface area contributed by atoms with Gasteiger partial charge >= 0.3 is 6.09 Å². The van der Waals surface area contributed by atoms with Crippen molar-refractivity contribution < 1.29 is 13.7 Å². The van der Waals surface area contributed by atoms with Gasteiger partial charge in [0.1, 0.15) is 5.60 Å². The van der Waals surface area contributed by atoms with E-state index in [2.05, 4.69) is 9.97 Å². The molecule has 22 heavy (non-hydrogen) atoms. The third-order valence-corrected chi connectivity index (χ3v) is 4.68. The molecule has 6 nitrogen and oxygen atoms in total. The van der Waals surface area contributed by atoms with Crippen LogP contribution >= 0.6 is 0 Å². The van der Waals surface area contributed by atoms with Crippen molar-refractivity contribution >= 4 is 16.9 Å². The summed E-state index contributed by atoms with van der Waals surface area (Å²) in [4.78, 5) is 22.0. The Labute approximate surface area is 133 Å². The molecular formula is C15H23N3O3S. The Morgan fingerprint density at radius 1 is 1.50 bits per heavy atom. The minimum Gasteiger partial charge on any atom is -0.444 e. The van der Waals surface area contributed by atoms with Gasteiger partial charge in [-0.15, -0.1) is 0 Å². The maximum absolute atomic E-state index is 12.3. The first-order valence-corrected chi connectivity index (χ1v) is 8.72. The van der Waals surface area contributed by atoms with Crippen LogP contribution in [0.15, 0.2) is 17.4 Å². The number of hydrogen-bond donors (Lipinski definition) is 0. The molecule has 0 bridgehead atoms. The van der Waals surface area contributed by atoms with E-state index < -0.39 is 16.4 Å². The van der Waals surface area contributed by atoms with Crippen LogP contribution in [-0.2, 0) is 15.5 Å². The normalized spacial score (nSPS) is 20.0. The molecule has 0 spiro atoms. The van der Waals surface area contributed by atoms with Crippen LogP contribution < -0.4 is 0 Å². The zero-order valence-corrected chi connectivity index (χ0v) is 14.4. The summed E-state index contributed by atoms with van der Waals surface area (Å²) in [5.41, 5.74) is 0.313. The lowest BCUT2D eigenvalue weighted by molar-refractivity contribution is 0.0289. The summed E-state index contributed by atoms with van der Waals surface area (Å²) < 4.78 is 17.7. The lowest BCUT2D eigenvalue weighted by atomic mass is 10.2. The number of carbonyl (C=O) groups excluding carboxylic acids is 1. The maximum Gasteiger partial charge on any atom is 0.410 e. The van der Waals surface area contributed by atoms with Gasteiger partial charge in [0, 0.05) is 30.7 Å². The molecule has 0 aromatic carbocycles. The molecule has 0 radical (unpaired) electrons. The molecule has 2 unspecified atom stereocenters. The fraction of sp³-hybridized carbons (Fsp3) is 0.667. The van der Waals surface area contributed by atoms with Crippen molar-refractivity contribution in [3.63, 3.8) is 0 Å². The second-order valence-electron chi connectivity index (χ2n) is 6.57. The zero-order valence-electron chi connectivity index (χ0n) is 13.5. The van der Waals surface area contributed by atoms with E-state index in [4.69, 9.17) is 4.74 Å². The van der Waals surface area contributed by atoms with Gasteiger partial charge in [-0.05, 0) is 46.1 Å². The van der Waals surface area contributed by atoms with Crippen LogP contribution in [0.25, 0.3) is 0 Å². The van der Waals surface area contributed by atoms with E-state index in [0.717, 1.165) is 12.1 Å². The van der Waals surface area contributed by atoms with E-state index in [-0.39, 0.29) is 12.0 Å². The van der Waals surface area contributed by atoms with Gasteiger partial charge in [0.05, 0.1) is 10.8 Å². The molecule has 1 amide bonds. The summed E-state index contributed by atoms with van der Waals surface area (Å²) in [5.74, 6) is 0.667. The first kappa shape index (κ1) is 16.9. The van der Waals surface area contributed by atoms with E-state index in [0.29, 0.717) is 24.0 Å². The van der Waals surface area contributed by atoms with Crippen molar-refractivity contribution in [1.29, 1.82) is 0 Å². The standard InChI is InChI=1S/C15H23N3O3S/c1-11-5-7-16-13(17-11)22(20)10-12-6-8-18(9-12)14(19)21-15(2,3)4/h5,7,12H,6,8-10H2,1-4H3. The number of ether oxygens (including phenoxy) is 1. The second kappa shape index (κ2) is 6.73. The molecule has 1 fully saturated rings. The number of nitrogens with zero attached hydrogens (tertiary/aromatic N) is 3. The topological polar surface area (TPSA) is 72.4 Å². The van der Waals surface area contributed by atoms with Crippen molar-refractivity contribution in [1.82, 2.24) is 14.9 Å². The van der Waals surface area contributed by atoms with Gasteiger partial charge in [0.2, 0.25) is 5.16 Å². The smallest absolute Gasteiger partial charge is 0.410 e. The maximum atomic E-state index is 12.3. The van der Waals surface area contributed by atoms with Crippen LogP contribution in [0.2, 0.25) is 0 Å². The third kappa shape index (κ3) is 4.76. The molecule has 0 aliphatic carbocycles. The summed E-state index contributed by atoms with van der Waals surface area (Å²) in [6.07, 6.45) is 2.15. The lowest BCUT2D eigenvalue weighted by Crippen LogP contribution is -2.35. The van der Waals surface area contributed by atoms with Gasteiger partial charge in [-0.1, -0.05) is 0 Å². The molecule has 2 rings (SSSR count). The number of aromatic nitrogens is 2. The monoisotopic (exact) mass is 325 g/mol. The van der Waals surface area contributed by atoms with Crippen LogP contribution in [0, 0.1) is 12.8 Å². The molecule has 2 atom stereocenters. The summed E-state index contributed by atoms with van der Waals surface area (Å²) in [6.45, 7) is 8.62. The molecule has 1 aliphatic heterocycles. The van der Waals surface area contributed by atoms with Crippen LogP contribution in [0.3, 0.4) is 0 Å². The van der Waals surface area contributed by atoms with Gasteiger partial charge in [-0.2, -0.15) is 0 Å². The molecule has 0 saturated carbocycles. The Kier molecular flexibility index (Phi) is 5.16. The van der Waals surface area contributed by atoms with Crippen LogP contribution in [0.1, 0.15) is 32.9 Å². The van der Waals surface area contributed by atoms with E-state index in [1.54, 1.807) is 17.2 Å². The molecule has 122 valence electrons. The molecule has 1 aromatic heterocycles. The van der Waals surface area contributed by atoms with Gasteiger partial charge in [-0.3, -0.25) is 4.21 Å². The number of amides is 1. The van der Waals surface area contributed by atoms with Crippen molar-refractivity contribution in [3.8, 4) is 0 Å². The fourth-order valence-corrected chi connectivity index (χ4v) is 3.56. The molecule has 0 N–H and O–H groups in total. The van der Waals surface area contributed by atoms with Gasteiger partial charge < -0.3 is 9.64 Å². The predicted molar refractivity (Wildman–Crippen MR) is 84.0 cm³/mol. The average Bonchev–Trinajstić information content (AvgIpc) is 2.85.